The molecule has 0 saturated carbocycles. The van der Waals surface area contributed by atoms with Crippen LogP contribution >= 0.6 is 15.9 Å². The van der Waals surface area contributed by atoms with Crippen molar-refractivity contribution >= 4 is 15.9 Å². The zero-order valence-electron chi connectivity index (χ0n) is 12.5. The van der Waals surface area contributed by atoms with Gasteiger partial charge >= 0.3 is 0 Å². The van der Waals surface area contributed by atoms with E-state index in [-0.39, 0.29) is 0 Å². The molecule has 3 nitrogen and oxygen atoms in total. The molecule has 0 spiro atoms. The summed E-state index contributed by atoms with van der Waals surface area (Å²) in [6.07, 6.45) is 3.81. The molecule has 20 heavy (non-hydrogen) atoms. The van der Waals surface area contributed by atoms with Crippen molar-refractivity contribution in [2.75, 3.05) is 6.54 Å². The van der Waals surface area contributed by atoms with E-state index in [9.17, 15) is 0 Å². The van der Waals surface area contributed by atoms with Gasteiger partial charge in [0.1, 0.15) is 0 Å². The smallest absolute Gasteiger partial charge is 0.0994 e. The van der Waals surface area contributed by atoms with Gasteiger partial charge < -0.3 is 10.3 Å². The summed E-state index contributed by atoms with van der Waals surface area (Å²) in [5.41, 5.74) is 10.7. The fourth-order valence-corrected chi connectivity index (χ4v) is 2.82. The van der Waals surface area contributed by atoms with E-state index in [4.69, 9.17) is 5.73 Å². The molecule has 108 valence electrons. The first-order valence-corrected chi connectivity index (χ1v) is 7.74. The molecule has 2 N–H and O–H groups in total. The van der Waals surface area contributed by atoms with Crippen molar-refractivity contribution < 1.29 is 0 Å². The monoisotopic (exact) mass is 335 g/mol. The van der Waals surface area contributed by atoms with Gasteiger partial charge in [-0.3, -0.25) is 0 Å². The molecule has 0 aliphatic rings. The highest BCUT2D eigenvalue weighted by atomic mass is 79.9. The predicted molar refractivity (Wildman–Crippen MR) is 87.4 cm³/mol. The largest absolute Gasteiger partial charge is 0.330 e. The van der Waals surface area contributed by atoms with Crippen LogP contribution in [0.1, 0.15) is 36.6 Å². The Morgan fingerprint density at radius 3 is 2.35 bits per heavy atom. The molecule has 0 aliphatic carbocycles. The number of hydrogen-bond acceptors (Lipinski definition) is 2. The molecule has 1 heterocycles. The summed E-state index contributed by atoms with van der Waals surface area (Å²) in [6.45, 7) is 9.26. The second kappa shape index (κ2) is 6.10. The SMILES string of the molecule is Cc1cc(-n2cncc2C(CN)C(C)C)cc(C)c1Br. The fourth-order valence-electron chi connectivity index (χ4n) is 2.59. The van der Waals surface area contributed by atoms with Crippen molar-refractivity contribution in [2.24, 2.45) is 11.7 Å². The Morgan fingerprint density at radius 2 is 1.85 bits per heavy atom. The quantitative estimate of drug-likeness (QED) is 0.919. The zero-order chi connectivity index (χ0) is 14.9. The Labute approximate surface area is 129 Å². The number of benzene rings is 1. The van der Waals surface area contributed by atoms with Crippen molar-refractivity contribution in [1.29, 1.82) is 0 Å². The summed E-state index contributed by atoms with van der Waals surface area (Å²) in [6, 6.07) is 4.35. The Morgan fingerprint density at radius 1 is 1.25 bits per heavy atom. The van der Waals surface area contributed by atoms with Gasteiger partial charge in [-0.05, 0) is 43.0 Å². The molecule has 0 radical (unpaired) electrons. The van der Waals surface area contributed by atoms with Crippen LogP contribution in [0.25, 0.3) is 5.69 Å². The first-order chi connectivity index (χ1) is 9.45. The van der Waals surface area contributed by atoms with Crippen LogP contribution in [0.4, 0.5) is 0 Å². The van der Waals surface area contributed by atoms with Gasteiger partial charge in [-0.2, -0.15) is 0 Å². The third kappa shape index (κ3) is 2.81. The molecule has 2 aromatic rings. The summed E-state index contributed by atoms with van der Waals surface area (Å²) < 4.78 is 3.33. The Bertz CT molecular complexity index is 579. The minimum atomic E-state index is 0.321. The van der Waals surface area contributed by atoms with Crippen molar-refractivity contribution in [1.82, 2.24) is 9.55 Å². The highest BCUT2D eigenvalue weighted by molar-refractivity contribution is 9.10. The van der Waals surface area contributed by atoms with Crippen LogP contribution in [-0.4, -0.2) is 16.1 Å². The van der Waals surface area contributed by atoms with E-state index in [0.29, 0.717) is 18.4 Å². The third-order valence-electron chi connectivity index (χ3n) is 3.81. The van der Waals surface area contributed by atoms with Crippen LogP contribution in [0.15, 0.2) is 29.1 Å². The van der Waals surface area contributed by atoms with E-state index in [2.05, 4.69) is 65.3 Å². The number of nitrogens with zero attached hydrogens (tertiary/aromatic N) is 2. The van der Waals surface area contributed by atoms with Crippen molar-refractivity contribution in [2.45, 2.75) is 33.6 Å². The highest BCUT2D eigenvalue weighted by Gasteiger charge is 2.19. The van der Waals surface area contributed by atoms with Crippen LogP contribution in [0, 0.1) is 19.8 Å². The van der Waals surface area contributed by atoms with Gasteiger partial charge in [0, 0.05) is 34.5 Å². The second-order valence-electron chi connectivity index (χ2n) is 5.67. The van der Waals surface area contributed by atoms with Gasteiger partial charge in [-0.15, -0.1) is 0 Å². The second-order valence-corrected chi connectivity index (χ2v) is 6.46. The number of hydrogen-bond donors (Lipinski definition) is 1. The van der Waals surface area contributed by atoms with E-state index < -0.39 is 0 Å². The van der Waals surface area contributed by atoms with Crippen molar-refractivity contribution in [3.05, 3.63) is 46.0 Å². The molecule has 1 atom stereocenters. The van der Waals surface area contributed by atoms with Crippen LogP contribution in [-0.2, 0) is 0 Å². The van der Waals surface area contributed by atoms with Crippen molar-refractivity contribution in [3.63, 3.8) is 0 Å². The molecule has 0 saturated heterocycles. The molecular formula is C16H22BrN3. The number of imidazole rings is 1. The maximum atomic E-state index is 5.95. The lowest BCUT2D eigenvalue weighted by atomic mass is 9.93. The number of aryl methyl sites for hydroxylation is 2. The minimum absolute atomic E-state index is 0.321. The lowest BCUT2D eigenvalue weighted by Gasteiger charge is -2.21. The molecule has 4 heteroatoms. The Kier molecular flexibility index (Phi) is 4.66. The first-order valence-electron chi connectivity index (χ1n) is 6.95. The average Bonchev–Trinajstić information content (AvgIpc) is 2.85. The summed E-state index contributed by atoms with van der Waals surface area (Å²) in [4.78, 5) is 4.33. The summed E-state index contributed by atoms with van der Waals surface area (Å²) in [5, 5.41) is 0. The topological polar surface area (TPSA) is 43.8 Å². The van der Waals surface area contributed by atoms with Gasteiger partial charge in [0.2, 0.25) is 0 Å². The fraction of sp³-hybridized carbons (Fsp3) is 0.438. The average molecular weight is 336 g/mol. The van der Waals surface area contributed by atoms with E-state index in [1.165, 1.54) is 21.3 Å². The van der Waals surface area contributed by atoms with Gasteiger partial charge in [-0.1, -0.05) is 29.8 Å². The first kappa shape index (κ1) is 15.3. The molecule has 2 rings (SSSR count). The van der Waals surface area contributed by atoms with E-state index in [0.717, 1.165) is 5.69 Å². The lowest BCUT2D eigenvalue weighted by molar-refractivity contribution is 0.490. The standard InChI is InChI=1S/C16H22BrN3/c1-10(2)14(7-18)15-8-19-9-20(15)13-5-11(3)16(17)12(4)6-13/h5-6,8-10,14H,7,18H2,1-4H3. The van der Waals surface area contributed by atoms with Gasteiger partial charge in [0.05, 0.1) is 6.33 Å². The Hall–Kier alpha value is -1.13. The normalized spacial score (nSPS) is 12.9. The van der Waals surface area contributed by atoms with Gasteiger partial charge in [0.15, 0.2) is 0 Å². The molecular weight excluding hydrogens is 314 g/mol. The minimum Gasteiger partial charge on any atom is -0.330 e. The highest BCUT2D eigenvalue weighted by Crippen LogP contribution is 2.29. The summed E-state index contributed by atoms with van der Waals surface area (Å²) in [7, 11) is 0. The van der Waals surface area contributed by atoms with Crippen LogP contribution in [0.3, 0.4) is 0 Å². The van der Waals surface area contributed by atoms with Gasteiger partial charge in [0.25, 0.3) is 0 Å². The maximum absolute atomic E-state index is 5.95. The molecule has 0 bridgehead atoms. The molecule has 0 aliphatic heterocycles. The molecule has 1 aromatic carbocycles. The Balaban J connectivity index is 2.52. The van der Waals surface area contributed by atoms with Crippen molar-refractivity contribution in [3.8, 4) is 5.69 Å². The van der Waals surface area contributed by atoms with Gasteiger partial charge in [-0.25, -0.2) is 4.98 Å². The maximum Gasteiger partial charge on any atom is 0.0994 e. The number of halogens is 1. The third-order valence-corrected chi connectivity index (χ3v) is 5.06. The zero-order valence-corrected chi connectivity index (χ0v) is 14.1. The molecule has 1 aromatic heterocycles. The molecule has 0 fully saturated rings. The lowest BCUT2D eigenvalue weighted by Crippen LogP contribution is -2.20. The number of nitrogens with two attached hydrogens (primary N) is 1. The van der Waals surface area contributed by atoms with Crippen LogP contribution in [0.5, 0.6) is 0 Å². The summed E-state index contributed by atoms with van der Waals surface area (Å²) in [5.74, 6) is 0.815. The number of rotatable bonds is 4. The summed E-state index contributed by atoms with van der Waals surface area (Å²) >= 11 is 3.62. The van der Waals surface area contributed by atoms with Crippen LogP contribution in [0.2, 0.25) is 0 Å². The molecule has 0 amide bonds. The number of aromatic nitrogens is 2. The predicted octanol–water partition coefficient (Wildman–Crippen LogP) is 3.95. The van der Waals surface area contributed by atoms with Crippen LogP contribution < -0.4 is 5.73 Å². The van der Waals surface area contributed by atoms with E-state index in [1.54, 1.807) is 0 Å². The van der Waals surface area contributed by atoms with E-state index in [1.807, 2.05) is 12.5 Å². The molecule has 1 unspecified atom stereocenters. The van der Waals surface area contributed by atoms with E-state index >= 15 is 0 Å².